The number of benzene rings is 1. The maximum Gasteiger partial charge on any atom is 0.0595 e. The lowest BCUT2D eigenvalue weighted by atomic mass is 9.80. The highest BCUT2D eigenvalue weighted by Crippen LogP contribution is 2.34. The molecule has 2 rings (SSSR count). The quantitative estimate of drug-likeness (QED) is 0.867. The Balaban J connectivity index is 2.00. The smallest absolute Gasteiger partial charge is 0.0595 e. The van der Waals surface area contributed by atoms with E-state index in [-0.39, 0.29) is 0 Å². The molecule has 0 radical (unpaired) electrons. The van der Waals surface area contributed by atoms with Gasteiger partial charge in [0.2, 0.25) is 0 Å². The average Bonchev–Trinajstić information content (AvgIpc) is 2.45. The molecule has 2 nitrogen and oxygen atoms in total. The van der Waals surface area contributed by atoms with E-state index in [2.05, 4.69) is 24.8 Å². The minimum Gasteiger partial charge on any atom is -0.330 e. The normalized spacial score (nSPS) is 19.1. The fourth-order valence-electron chi connectivity index (χ4n) is 3.40. The van der Waals surface area contributed by atoms with E-state index in [1.165, 1.54) is 38.0 Å². The lowest BCUT2D eigenvalue weighted by Crippen LogP contribution is -2.38. The van der Waals surface area contributed by atoms with E-state index in [4.69, 9.17) is 28.9 Å². The van der Waals surface area contributed by atoms with Crippen LogP contribution >= 0.6 is 23.2 Å². The van der Waals surface area contributed by atoms with E-state index in [1.54, 1.807) is 0 Å². The molecule has 0 amide bonds. The first-order chi connectivity index (χ1) is 10.0. The number of hydrogen-bond donors (Lipinski definition) is 1. The second kappa shape index (κ2) is 7.82. The van der Waals surface area contributed by atoms with E-state index in [1.807, 2.05) is 12.1 Å². The van der Waals surface area contributed by atoms with E-state index in [9.17, 15) is 0 Å². The molecular weight excluding hydrogens is 303 g/mol. The van der Waals surface area contributed by atoms with Crippen molar-refractivity contribution in [2.45, 2.75) is 32.6 Å². The largest absolute Gasteiger partial charge is 0.330 e. The first-order valence-corrected chi connectivity index (χ1v) is 8.64. The van der Waals surface area contributed by atoms with Crippen molar-refractivity contribution in [3.63, 3.8) is 0 Å². The molecular formula is C17H26Cl2N2. The van der Waals surface area contributed by atoms with Gasteiger partial charge in [0.05, 0.1) is 10.0 Å². The van der Waals surface area contributed by atoms with Crippen LogP contribution in [-0.4, -0.2) is 31.1 Å². The maximum atomic E-state index is 6.15. The molecule has 1 heterocycles. The minimum absolute atomic E-state index is 0.390. The van der Waals surface area contributed by atoms with Crippen LogP contribution in [0.5, 0.6) is 0 Å². The molecule has 21 heavy (non-hydrogen) atoms. The summed E-state index contributed by atoms with van der Waals surface area (Å²) in [5.74, 6) is 1.78. The minimum atomic E-state index is 0.390. The summed E-state index contributed by atoms with van der Waals surface area (Å²) in [4.78, 5) is 2.57. The van der Waals surface area contributed by atoms with Crippen molar-refractivity contribution in [1.29, 1.82) is 0 Å². The van der Waals surface area contributed by atoms with Crippen molar-refractivity contribution in [2.24, 2.45) is 17.6 Å². The molecule has 0 aliphatic carbocycles. The van der Waals surface area contributed by atoms with Crippen molar-refractivity contribution in [1.82, 2.24) is 4.90 Å². The van der Waals surface area contributed by atoms with Crippen molar-refractivity contribution < 1.29 is 0 Å². The topological polar surface area (TPSA) is 29.3 Å². The molecule has 1 atom stereocenters. The summed E-state index contributed by atoms with van der Waals surface area (Å²) in [5.41, 5.74) is 7.28. The van der Waals surface area contributed by atoms with Crippen molar-refractivity contribution in [2.75, 3.05) is 26.2 Å². The Kier molecular flexibility index (Phi) is 6.36. The van der Waals surface area contributed by atoms with Crippen LogP contribution in [0.25, 0.3) is 0 Å². The van der Waals surface area contributed by atoms with Gasteiger partial charge in [-0.2, -0.15) is 0 Å². The van der Waals surface area contributed by atoms with Crippen LogP contribution in [0.2, 0.25) is 10.0 Å². The van der Waals surface area contributed by atoms with E-state index in [0.29, 0.717) is 28.4 Å². The zero-order valence-electron chi connectivity index (χ0n) is 13.0. The summed E-state index contributed by atoms with van der Waals surface area (Å²) in [7, 11) is 0. The molecule has 1 aromatic rings. The molecule has 1 aromatic carbocycles. The number of hydrogen-bond acceptors (Lipinski definition) is 2. The van der Waals surface area contributed by atoms with E-state index < -0.39 is 0 Å². The Labute approximate surface area is 138 Å². The van der Waals surface area contributed by atoms with Crippen LogP contribution in [0.15, 0.2) is 18.2 Å². The average molecular weight is 329 g/mol. The van der Waals surface area contributed by atoms with Crippen LogP contribution in [0, 0.1) is 11.8 Å². The van der Waals surface area contributed by atoms with Gasteiger partial charge in [0, 0.05) is 6.54 Å². The second-order valence-electron chi connectivity index (χ2n) is 6.55. The Morgan fingerprint density at radius 1 is 1.19 bits per heavy atom. The van der Waals surface area contributed by atoms with Crippen LogP contribution in [0.4, 0.5) is 0 Å². The number of piperidine rings is 1. The van der Waals surface area contributed by atoms with E-state index >= 15 is 0 Å². The number of likely N-dealkylation sites (tertiary alicyclic amines) is 1. The number of nitrogens with zero attached hydrogens (tertiary/aromatic N) is 1. The third kappa shape index (κ3) is 4.59. The third-order valence-electron chi connectivity index (χ3n) is 4.45. The van der Waals surface area contributed by atoms with Crippen molar-refractivity contribution >= 4 is 23.2 Å². The second-order valence-corrected chi connectivity index (χ2v) is 7.36. The van der Waals surface area contributed by atoms with Crippen LogP contribution in [-0.2, 0) is 0 Å². The first-order valence-electron chi connectivity index (χ1n) is 7.88. The van der Waals surface area contributed by atoms with Crippen molar-refractivity contribution in [3.05, 3.63) is 33.8 Å². The highest BCUT2D eigenvalue weighted by Gasteiger charge is 2.27. The highest BCUT2D eigenvalue weighted by molar-refractivity contribution is 6.42. The van der Waals surface area contributed by atoms with Crippen LogP contribution in [0.1, 0.15) is 38.2 Å². The van der Waals surface area contributed by atoms with Gasteiger partial charge < -0.3 is 10.6 Å². The van der Waals surface area contributed by atoms with Gasteiger partial charge >= 0.3 is 0 Å². The van der Waals surface area contributed by atoms with E-state index in [0.717, 1.165) is 5.92 Å². The summed E-state index contributed by atoms with van der Waals surface area (Å²) in [6, 6.07) is 5.95. The Hall–Kier alpha value is -0.280. The summed E-state index contributed by atoms with van der Waals surface area (Å²) in [6.07, 6.45) is 2.43. The van der Waals surface area contributed by atoms with Gasteiger partial charge in [-0.15, -0.1) is 0 Å². The Morgan fingerprint density at radius 2 is 1.86 bits per heavy atom. The van der Waals surface area contributed by atoms with Gasteiger partial charge in [-0.25, -0.2) is 0 Å². The lowest BCUT2D eigenvalue weighted by molar-refractivity contribution is 0.155. The van der Waals surface area contributed by atoms with Crippen LogP contribution < -0.4 is 5.73 Å². The molecule has 0 spiro atoms. The molecule has 1 aliphatic rings. The van der Waals surface area contributed by atoms with Crippen LogP contribution in [0.3, 0.4) is 0 Å². The molecule has 1 fully saturated rings. The summed E-state index contributed by atoms with van der Waals surface area (Å²) < 4.78 is 0. The molecule has 0 aromatic heterocycles. The number of halogens is 2. The van der Waals surface area contributed by atoms with Gasteiger partial charge in [0.1, 0.15) is 0 Å². The molecule has 118 valence electrons. The first kappa shape index (κ1) is 17.1. The monoisotopic (exact) mass is 328 g/mol. The third-order valence-corrected chi connectivity index (χ3v) is 5.19. The molecule has 0 bridgehead atoms. The standard InChI is InChI=1S/C17H26Cl2N2/c1-12(2)11-21-7-5-13(6-8-21)15(10-20)14-3-4-16(18)17(19)9-14/h3-4,9,12-13,15H,5-8,10-11,20H2,1-2H3. The van der Waals surface area contributed by atoms with Gasteiger partial charge in [-0.3, -0.25) is 0 Å². The van der Waals surface area contributed by atoms with Crippen molar-refractivity contribution in [3.8, 4) is 0 Å². The fourth-order valence-corrected chi connectivity index (χ4v) is 3.70. The number of rotatable bonds is 5. The molecule has 0 saturated carbocycles. The predicted octanol–water partition coefficient (Wildman–Crippen LogP) is 4.40. The Morgan fingerprint density at radius 3 is 2.38 bits per heavy atom. The van der Waals surface area contributed by atoms with Gasteiger partial charge in [0.15, 0.2) is 0 Å². The van der Waals surface area contributed by atoms with Gasteiger partial charge in [-0.05, 0) is 67.9 Å². The molecule has 1 aliphatic heterocycles. The number of nitrogens with two attached hydrogens (primary N) is 1. The molecule has 1 unspecified atom stereocenters. The Bertz CT molecular complexity index is 454. The molecule has 1 saturated heterocycles. The SMILES string of the molecule is CC(C)CN1CCC(C(CN)c2ccc(Cl)c(Cl)c2)CC1. The summed E-state index contributed by atoms with van der Waals surface area (Å²) >= 11 is 12.2. The molecule has 4 heteroatoms. The zero-order valence-corrected chi connectivity index (χ0v) is 14.5. The zero-order chi connectivity index (χ0) is 15.4. The summed E-state index contributed by atoms with van der Waals surface area (Å²) in [6.45, 7) is 8.80. The lowest BCUT2D eigenvalue weighted by Gasteiger charge is -2.36. The van der Waals surface area contributed by atoms with Gasteiger partial charge in [0.25, 0.3) is 0 Å². The predicted molar refractivity (Wildman–Crippen MR) is 92.3 cm³/mol. The maximum absolute atomic E-state index is 6.15. The fraction of sp³-hybridized carbons (Fsp3) is 0.647. The highest BCUT2D eigenvalue weighted by atomic mass is 35.5. The summed E-state index contributed by atoms with van der Waals surface area (Å²) in [5, 5.41) is 1.24. The molecule has 2 N–H and O–H groups in total. The van der Waals surface area contributed by atoms with Gasteiger partial charge in [-0.1, -0.05) is 43.1 Å².